The van der Waals surface area contributed by atoms with E-state index in [4.69, 9.17) is 5.11 Å². The summed E-state index contributed by atoms with van der Waals surface area (Å²) in [5.41, 5.74) is 3.63. The summed E-state index contributed by atoms with van der Waals surface area (Å²) in [5, 5.41) is 16.8. The van der Waals surface area contributed by atoms with Crippen molar-refractivity contribution in [2.75, 3.05) is 5.32 Å². The first-order valence-corrected chi connectivity index (χ1v) is 6.76. The maximum absolute atomic E-state index is 11.0. The van der Waals surface area contributed by atoms with Gasteiger partial charge in [0.05, 0.1) is 17.8 Å². The van der Waals surface area contributed by atoms with Crippen molar-refractivity contribution >= 4 is 11.7 Å². The number of aromatic carboxylic acids is 1. The Morgan fingerprint density at radius 1 is 1.50 bits per heavy atom. The molecule has 0 amide bonds. The van der Waals surface area contributed by atoms with E-state index in [2.05, 4.69) is 10.4 Å². The predicted molar refractivity (Wildman–Crippen MR) is 75.9 cm³/mol. The van der Waals surface area contributed by atoms with Crippen molar-refractivity contribution in [2.45, 2.75) is 25.3 Å². The van der Waals surface area contributed by atoms with Crippen LogP contribution in [0.1, 0.15) is 40.5 Å². The molecule has 0 aliphatic heterocycles. The van der Waals surface area contributed by atoms with E-state index >= 15 is 0 Å². The number of carboxylic acid groups (broad SMARTS) is 1. The first-order chi connectivity index (χ1) is 9.65. The van der Waals surface area contributed by atoms with Crippen molar-refractivity contribution in [3.05, 3.63) is 47.3 Å². The Balaban J connectivity index is 1.85. The number of hydrogen-bond acceptors (Lipinski definition) is 3. The molecule has 5 nitrogen and oxygen atoms in total. The lowest BCUT2D eigenvalue weighted by molar-refractivity contribution is 0.0697. The highest BCUT2D eigenvalue weighted by Gasteiger charge is 2.23. The van der Waals surface area contributed by atoms with E-state index in [1.807, 2.05) is 24.0 Å². The Morgan fingerprint density at radius 2 is 2.35 bits per heavy atom. The highest BCUT2D eigenvalue weighted by atomic mass is 16.4. The number of benzene rings is 1. The van der Waals surface area contributed by atoms with Crippen molar-refractivity contribution in [1.82, 2.24) is 9.78 Å². The molecule has 3 rings (SSSR count). The van der Waals surface area contributed by atoms with Crippen molar-refractivity contribution in [2.24, 2.45) is 7.05 Å². The molecule has 0 bridgehead atoms. The van der Waals surface area contributed by atoms with Gasteiger partial charge in [0.1, 0.15) is 0 Å². The molecule has 0 saturated heterocycles. The lowest BCUT2D eigenvalue weighted by Crippen LogP contribution is -2.18. The van der Waals surface area contributed by atoms with Crippen molar-refractivity contribution in [3.8, 4) is 0 Å². The third-order valence-corrected chi connectivity index (χ3v) is 3.83. The van der Waals surface area contributed by atoms with E-state index in [0.29, 0.717) is 5.56 Å². The molecule has 1 heterocycles. The van der Waals surface area contributed by atoms with Crippen molar-refractivity contribution in [3.63, 3.8) is 0 Å². The van der Waals surface area contributed by atoms with Gasteiger partial charge in [-0.1, -0.05) is 6.07 Å². The Morgan fingerprint density at radius 3 is 3.15 bits per heavy atom. The van der Waals surface area contributed by atoms with E-state index < -0.39 is 5.97 Å². The summed E-state index contributed by atoms with van der Waals surface area (Å²) in [4.78, 5) is 11.0. The van der Waals surface area contributed by atoms with Gasteiger partial charge in [0.15, 0.2) is 0 Å². The van der Waals surface area contributed by atoms with E-state index in [0.717, 1.165) is 24.9 Å². The van der Waals surface area contributed by atoms with Crippen LogP contribution in [0, 0.1) is 0 Å². The molecule has 20 heavy (non-hydrogen) atoms. The van der Waals surface area contributed by atoms with Gasteiger partial charge >= 0.3 is 5.97 Å². The number of carbonyl (C=O) groups is 1. The minimum absolute atomic E-state index is 0.205. The Kier molecular flexibility index (Phi) is 3.18. The summed E-state index contributed by atoms with van der Waals surface area (Å²) in [7, 11) is 1.96. The SMILES string of the molecule is Cn1ncc2c1CCCC2Nc1cccc(C(=O)O)c1. The van der Waals surface area contributed by atoms with E-state index in [9.17, 15) is 4.79 Å². The normalized spacial score (nSPS) is 17.6. The minimum atomic E-state index is -0.903. The van der Waals surface area contributed by atoms with Gasteiger partial charge in [-0.2, -0.15) is 5.10 Å². The zero-order valence-electron chi connectivity index (χ0n) is 11.3. The molecule has 0 radical (unpaired) electrons. The van der Waals surface area contributed by atoms with E-state index in [1.54, 1.807) is 18.2 Å². The van der Waals surface area contributed by atoms with Gasteiger partial charge in [-0.25, -0.2) is 4.79 Å². The van der Waals surface area contributed by atoms with Gasteiger partial charge in [-0.05, 0) is 37.5 Å². The van der Waals surface area contributed by atoms with Gasteiger partial charge in [-0.15, -0.1) is 0 Å². The van der Waals surface area contributed by atoms with Crippen LogP contribution < -0.4 is 5.32 Å². The number of nitrogens with zero attached hydrogens (tertiary/aromatic N) is 2. The molecule has 1 aromatic heterocycles. The second kappa shape index (κ2) is 5.00. The smallest absolute Gasteiger partial charge is 0.335 e. The summed E-state index contributed by atoms with van der Waals surface area (Å²) >= 11 is 0. The number of nitrogens with one attached hydrogen (secondary N) is 1. The quantitative estimate of drug-likeness (QED) is 0.900. The largest absolute Gasteiger partial charge is 0.478 e. The van der Waals surface area contributed by atoms with Crippen LogP contribution in [-0.4, -0.2) is 20.9 Å². The fourth-order valence-electron chi connectivity index (χ4n) is 2.80. The molecule has 0 fully saturated rings. The van der Waals surface area contributed by atoms with Crippen LogP contribution in [0.5, 0.6) is 0 Å². The number of fused-ring (bicyclic) bond motifs is 1. The topological polar surface area (TPSA) is 67.2 Å². The molecule has 1 unspecified atom stereocenters. The third kappa shape index (κ3) is 2.27. The first kappa shape index (κ1) is 12.7. The molecule has 1 atom stereocenters. The van der Waals surface area contributed by atoms with Crippen LogP contribution in [0.3, 0.4) is 0 Å². The fraction of sp³-hybridized carbons (Fsp3) is 0.333. The van der Waals surface area contributed by atoms with E-state index in [1.165, 1.54) is 11.3 Å². The van der Waals surface area contributed by atoms with Crippen LogP contribution in [0.4, 0.5) is 5.69 Å². The number of carboxylic acids is 1. The van der Waals surface area contributed by atoms with Crippen LogP contribution in [0.15, 0.2) is 30.5 Å². The fourth-order valence-corrected chi connectivity index (χ4v) is 2.80. The maximum atomic E-state index is 11.0. The number of aryl methyl sites for hydroxylation is 1. The van der Waals surface area contributed by atoms with Crippen LogP contribution in [-0.2, 0) is 13.5 Å². The molecule has 1 aliphatic carbocycles. The number of hydrogen-bond donors (Lipinski definition) is 2. The summed E-state index contributed by atoms with van der Waals surface area (Å²) in [5.74, 6) is -0.903. The Hall–Kier alpha value is -2.30. The van der Waals surface area contributed by atoms with Gasteiger partial charge in [0.25, 0.3) is 0 Å². The highest BCUT2D eigenvalue weighted by molar-refractivity contribution is 5.88. The van der Waals surface area contributed by atoms with Crippen LogP contribution in [0.2, 0.25) is 0 Å². The lowest BCUT2D eigenvalue weighted by Gasteiger charge is -2.24. The summed E-state index contributed by atoms with van der Waals surface area (Å²) in [6, 6.07) is 7.14. The molecule has 104 valence electrons. The molecule has 1 aromatic carbocycles. The molecule has 0 spiro atoms. The molecular formula is C15H17N3O2. The average molecular weight is 271 g/mol. The molecule has 1 aliphatic rings. The van der Waals surface area contributed by atoms with Gasteiger partial charge in [-0.3, -0.25) is 4.68 Å². The number of rotatable bonds is 3. The van der Waals surface area contributed by atoms with Gasteiger partial charge < -0.3 is 10.4 Å². The highest BCUT2D eigenvalue weighted by Crippen LogP contribution is 2.32. The van der Waals surface area contributed by atoms with Crippen LogP contribution in [0.25, 0.3) is 0 Å². The Labute approximate surface area is 117 Å². The number of anilines is 1. The molecule has 0 saturated carbocycles. The Bertz CT molecular complexity index is 648. The average Bonchev–Trinajstić information content (AvgIpc) is 2.82. The molecule has 5 heteroatoms. The number of aromatic nitrogens is 2. The van der Waals surface area contributed by atoms with E-state index in [-0.39, 0.29) is 6.04 Å². The summed E-state index contributed by atoms with van der Waals surface area (Å²) in [6.45, 7) is 0. The third-order valence-electron chi connectivity index (χ3n) is 3.83. The molecule has 2 aromatic rings. The van der Waals surface area contributed by atoms with Crippen molar-refractivity contribution < 1.29 is 9.90 Å². The summed E-state index contributed by atoms with van der Waals surface area (Å²) < 4.78 is 1.93. The predicted octanol–water partition coefficient (Wildman–Crippen LogP) is 2.61. The second-order valence-corrected chi connectivity index (χ2v) is 5.15. The molecular weight excluding hydrogens is 254 g/mol. The lowest BCUT2D eigenvalue weighted by atomic mass is 9.92. The van der Waals surface area contributed by atoms with Crippen molar-refractivity contribution in [1.29, 1.82) is 0 Å². The second-order valence-electron chi connectivity index (χ2n) is 5.15. The first-order valence-electron chi connectivity index (χ1n) is 6.76. The minimum Gasteiger partial charge on any atom is -0.478 e. The maximum Gasteiger partial charge on any atom is 0.335 e. The van der Waals surface area contributed by atoms with Crippen LogP contribution >= 0.6 is 0 Å². The standard InChI is InChI=1S/C15H17N3O2/c1-18-14-7-3-6-13(12(14)9-16-18)17-11-5-2-4-10(8-11)15(19)20/h2,4-5,8-9,13,17H,3,6-7H2,1H3,(H,19,20). The summed E-state index contributed by atoms with van der Waals surface area (Å²) in [6.07, 6.45) is 5.12. The zero-order chi connectivity index (χ0) is 14.1. The van der Waals surface area contributed by atoms with Gasteiger partial charge in [0.2, 0.25) is 0 Å². The zero-order valence-corrected chi connectivity index (χ0v) is 11.3. The molecule has 2 N–H and O–H groups in total. The monoisotopic (exact) mass is 271 g/mol. The van der Waals surface area contributed by atoms with Gasteiger partial charge in [0, 0.05) is 24.0 Å².